The molecule has 1 saturated heterocycles. The summed E-state index contributed by atoms with van der Waals surface area (Å²) in [6.45, 7) is 0.379. The minimum absolute atomic E-state index is 0.0389. The van der Waals surface area contributed by atoms with Gasteiger partial charge < -0.3 is 5.32 Å². The molecule has 1 aromatic heterocycles. The summed E-state index contributed by atoms with van der Waals surface area (Å²) in [7, 11) is 0. The lowest BCUT2D eigenvalue weighted by Gasteiger charge is -2.39. The number of nitrogens with zero attached hydrogens (tertiary/aromatic N) is 5. The van der Waals surface area contributed by atoms with Crippen LogP contribution in [0.15, 0.2) is 65.8 Å². The van der Waals surface area contributed by atoms with Crippen LogP contribution in [0.1, 0.15) is 54.0 Å². The number of hydrogen-bond donors (Lipinski definition) is 1. The molecule has 3 aliphatic rings. The van der Waals surface area contributed by atoms with Crippen molar-refractivity contribution < 1.29 is 23.2 Å². The number of amides is 3. The highest BCUT2D eigenvalue weighted by Crippen LogP contribution is 2.41. The van der Waals surface area contributed by atoms with Crippen LogP contribution >= 0.6 is 11.6 Å². The Kier molecular flexibility index (Phi) is 7.40. The zero-order valence-electron chi connectivity index (χ0n) is 22.7. The van der Waals surface area contributed by atoms with Gasteiger partial charge in [0.25, 0.3) is 11.8 Å². The molecule has 43 heavy (non-hydrogen) atoms. The summed E-state index contributed by atoms with van der Waals surface area (Å²) in [5, 5.41) is 12.3. The van der Waals surface area contributed by atoms with Crippen molar-refractivity contribution in [3.05, 3.63) is 88.1 Å². The molecule has 1 N–H and O–H groups in total. The van der Waals surface area contributed by atoms with E-state index in [0.717, 1.165) is 5.56 Å². The smallest absolute Gasteiger partial charge is 0.252 e. The average molecular weight is 603 g/mol. The summed E-state index contributed by atoms with van der Waals surface area (Å²) in [6, 6.07) is 13.5. The SMILES string of the molecule is N#Cc1ccnc(N2C(=O)CC[C@H]2C(=O)N(c2cccc3c2C=NC3)C(C(=O)NC2CC(F)(F)C2)c2ccccc2Cl)c1. The molecule has 6 rings (SSSR count). The van der Waals surface area contributed by atoms with E-state index < -0.39 is 48.7 Å². The van der Waals surface area contributed by atoms with Gasteiger partial charge in [-0.1, -0.05) is 41.9 Å². The number of nitrogens with one attached hydrogen (secondary N) is 1. The Morgan fingerprint density at radius 3 is 2.70 bits per heavy atom. The van der Waals surface area contributed by atoms with E-state index in [1.54, 1.807) is 42.6 Å². The molecule has 3 aromatic rings. The van der Waals surface area contributed by atoms with Crippen molar-refractivity contribution in [1.29, 1.82) is 5.26 Å². The summed E-state index contributed by atoms with van der Waals surface area (Å²) in [5.41, 5.74) is 2.36. The molecule has 0 bridgehead atoms. The fourth-order valence-electron chi connectivity index (χ4n) is 5.84. The van der Waals surface area contributed by atoms with Gasteiger partial charge in [0.2, 0.25) is 11.8 Å². The lowest BCUT2D eigenvalue weighted by Crippen LogP contribution is -2.56. The van der Waals surface area contributed by atoms with Gasteiger partial charge >= 0.3 is 0 Å². The maximum absolute atomic E-state index is 14.8. The molecule has 9 nitrogen and oxygen atoms in total. The van der Waals surface area contributed by atoms with Gasteiger partial charge in [0, 0.05) is 53.9 Å². The fraction of sp³-hybridized carbons (Fsp3) is 0.290. The third kappa shape index (κ3) is 5.34. The first kappa shape index (κ1) is 28.4. The number of aromatic nitrogens is 1. The Bertz CT molecular complexity index is 1700. The molecule has 3 amide bonds. The van der Waals surface area contributed by atoms with E-state index in [4.69, 9.17) is 11.6 Å². The standard InChI is InChI=1S/C31H25ClF2N6O3/c32-23-6-2-1-5-21(23)28(29(42)38-20-13-31(33,34)14-20)40(24-7-3-4-19-16-36-17-22(19)24)30(43)25-8-9-27(41)39(25)26-12-18(15-35)10-11-37-26/h1-7,10-12,17,20,25,28H,8-9,13-14,16H2,(H,38,42)/t25-,28?/m0/s1. The number of benzene rings is 2. The fourth-order valence-corrected chi connectivity index (χ4v) is 6.08. The number of pyridine rings is 1. The first-order chi connectivity index (χ1) is 20.7. The van der Waals surface area contributed by atoms with E-state index in [0.29, 0.717) is 17.8 Å². The number of carbonyl (C=O) groups excluding carboxylic acids is 3. The Morgan fingerprint density at radius 1 is 1.16 bits per heavy atom. The predicted octanol–water partition coefficient (Wildman–Crippen LogP) is 4.72. The largest absolute Gasteiger partial charge is 0.351 e. The summed E-state index contributed by atoms with van der Waals surface area (Å²) in [5.74, 6) is -4.39. The van der Waals surface area contributed by atoms with Crippen molar-refractivity contribution in [2.24, 2.45) is 4.99 Å². The number of nitriles is 1. The van der Waals surface area contributed by atoms with Gasteiger partial charge in [0.05, 0.1) is 23.9 Å². The van der Waals surface area contributed by atoms with E-state index >= 15 is 0 Å². The van der Waals surface area contributed by atoms with Crippen LogP contribution in [0.2, 0.25) is 5.02 Å². The topological polar surface area (TPSA) is 119 Å². The maximum Gasteiger partial charge on any atom is 0.252 e. The molecule has 218 valence electrons. The third-order valence-corrected chi connectivity index (χ3v) is 8.26. The zero-order valence-corrected chi connectivity index (χ0v) is 23.5. The minimum Gasteiger partial charge on any atom is -0.351 e. The first-order valence-corrected chi connectivity index (χ1v) is 14.1. The van der Waals surface area contributed by atoms with Crippen molar-refractivity contribution in [2.75, 3.05) is 9.80 Å². The highest BCUT2D eigenvalue weighted by molar-refractivity contribution is 6.32. The number of anilines is 2. The van der Waals surface area contributed by atoms with E-state index in [1.807, 2.05) is 12.1 Å². The Hall–Kier alpha value is -4.69. The molecule has 0 spiro atoms. The maximum atomic E-state index is 14.8. The summed E-state index contributed by atoms with van der Waals surface area (Å²) in [6.07, 6.45) is 2.14. The van der Waals surface area contributed by atoms with Crippen LogP contribution in [-0.4, -0.2) is 46.9 Å². The van der Waals surface area contributed by atoms with E-state index in [-0.39, 0.29) is 40.7 Å². The van der Waals surface area contributed by atoms with Gasteiger partial charge in [-0.15, -0.1) is 0 Å². The van der Waals surface area contributed by atoms with E-state index in [2.05, 4.69) is 15.3 Å². The molecule has 1 saturated carbocycles. The second-order valence-electron chi connectivity index (χ2n) is 10.8. The minimum atomic E-state index is -2.88. The van der Waals surface area contributed by atoms with Gasteiger partial charge in [-0.25, -0.2) is 13.8 Å². The molecule has 3 heterocycles. The lowest BCUT2D eigenvalue weighted by molar-refractivity contribution is -0.133. The second-order valence-corrected chi connectivity index (χ2v) is 11.2. The van der Waals surface area contributed by atoms with Crippen LogP contribution in [0.25, 0.3) is 0 Å². The lowest BCUT2D eigenvalue weighted by atomic mass is 9.87. The average Bonchev–Trinajstić information content (AvgIpc) is 3.62. The number of fused-ring (bicyclic) bond motifs is 1. The van der Waals surface area contributed by atoms with Crippen molar-refractivity contribution in [2.45, 2.75) is 56.3 Å². The molecular formula is C31H25ClF2N6O3. The predicted molar refractivity (Wildman–Crippen MR) is 155 cm³/mol. The van der Waals surface area contributed by atoms with E-state index in [9.17, 15) is 28.4 Å². The number of carbonyl (C=O) groups is 3. The summed E-state index contributed by atoms with van der Waals surface area (Å²) in [4.78, 5) is 53.2. The Balaban J connectivity index is 1.48. The van der Waals surface area contributed by atoms with E-state index in [1.165, 1.54) is 28.1 Å². The number of rotatable bonds is 7. The van der Waals surface area contributed by atoms with Gasteiger partial charge in [-0.2, -0.15) is 5.26 Å². The van der Waals surface area contributed by atoms with Gasteiger partial charge in [-0.05, 0) is 36.2 Å². The first-order valence-electron chi connectivity index (χ1n) is 13.7. The van der Waals surface area contributed by atoms with Crippen molar-refractivity contribution in [1.82, 2.24) is 10.3 Å². The second kappa shape index (κ2) is 11.2. The van der Waals surface area contributed by atoms with Crippen LogP contribution in [-0.2, 0) is 20.9 Å². The molecule has 2 atom stereocenters. The van der Waals surface area contributed by atoms with Gasteiger partial charge in [-0.3, -0.25) is 29.2 Å². The number of halogens is 3. The van der Waals surface area contributed by atoms with Crippen LogP contribution in [0.5, 0.6) is 0 Å². The van der Waals surface area contributed by atoms with Crippen LogP contribution in [0.4, 0.5) is 20.3 Å². The van der Waals surface area contributed by atoms with Gasteiger partial charge in [0.1, 0.15) is 17.9 Å². The highest BCUT2D eigenvalue weighted by Gasteiger charge is 2.49. The van der Waals surface area contributed by atoms with Crippen molar-refractivity contribution in [3.8, 4) is 6.07 Å². The monoisotopic (exact) mass is 602 g/mol. The van der Waals surface area contributed by atoms with Crippen molar-refractivity contribution in [3.63, 3.8) is 0 Å². The molecule has 0 radical (unpaired) electrons. The number of alkyl halides is 2. The van der Waals surface area contributed by atoms with Crippen LogP contribution < -0.4 is 15.1 Å². The zero-order chi connectivity index (χ0) is 30.3. The summed E-state index contributed by atoms with van der Waals surface area (Å²) >= 11 is 6.62. The van der Waals surface area contributed by atoms with Gasteiger partial charge in [0.15, 0.2) is 0 Å². The molecular weight excluding hydrogens is 578 g/mol. The Labute approximate surface area is 250 Å². The molecule has 2 aliphatic heterocycles. The molecule has 1 aliphatic carbocycles. The third-order valence-electron chi connectivity index (χ3n) is 7.91. The Morgan fingerprint density at radius 2 is 1.95 bits per heavy atom. The molecule has 2 aromatic carbocycles. The van der Waals surface area contributed by atoms with Crippen LogP contribution in [0.3, 0.4) is 0 Å². The molecule has 12 heteroatoms. The van der Waals surface area contributed by atoms with Crippen LogP contribution in [0, 0.1) is 11.3 Å². The quantitative estimate of drug-likeness (QED) is 0.420. The highest BCUT2D eigenvalue weighted by atomic mass is 35.5. The number of aliphatic imine (C=N–C) groups is 1. The normalized spacial score (nSPS) is 19.3. The molecule has 1 unspecified atom stereocenters. The number of hydrogen-bond acceptors (Lipinski definition) is 6. The molecule has 2 fully saturated rings. The van der Waals surface area contributed by atoms with Crippen molar-refractivity contribution >= 4 is 47.0 Å². The summed E-state index contributed by atoms with van der Waals surface area (Å²) < 4.78 is 27.4.